The highest BCUT2D eigenvalue weighted by Gasteiger charge is 2.32. The molecule has 4 N–H and O–H groups in total. The number of nitrogens with zero attached hydrogens (tertiary/aromatic N) is 3. The summed E-state index contributed by atoms with van der Waals surface area (Å²) in [7, 11) is -3.84. The molecular formula is C19H23F3N6O4S. The number of primary sulfonamides is 1. The number of amides is 1. The van der Waals surface area contributed by atoms with E-state index in [1.165, 1.54) is 19.1 Å². The molecule has 0 spiro atoms. The Bertz CT molecular complexity index is 1060. The van der Waals surface area contributed by atoms with E-state index in [9.17, 15) is 26.4 Å². The molecule has 1 amide bonds. The maximum Gasteiger partial charge on any atom is 0.407 e. The first-order valence-electron chi connectivity index (χ1n) is 10.0. The van der Waals surface area contributed by atoms with Crippen LogP contribution in [0.3, 0.4) is 0 Å². The maximum atomic E-state index is 12.4. The van der Waals surface area contributed by atoms with Crippen molar-refractivity contribution in [3.8, 4) is 0 Å². The summed E-state index contributed by atoms with van der Waals surface area (Å²) < 4.78 is 64.9. The molecule has 0 radical (unpaired) electrons. The van der Waals surface area contributed by atoms with Crippen molar-refractivity contribution in [2.75, 3.05) is 5.32 Å². The number of alkyl halides is 3. The smallest absolute Gasteiger partial charge is 0.407 e. The van der Waals surface area contributed by atoms with E-state index in [1.54, 1.807) is 12.4 Å². The molecule has 0 unspecified atom stereocenters. The van der Waals surface area contributed by atoms with Crippen LogP contribution in [0.15, 0.2) is 35.6 Å². The van der Waals surface area contributed by atoms with Gasteiger partial charge in [-0.2, -0.15) is 13.2 Å². The van der Waals surface area contributed by atoms with Crippen molar-refractivity contribution >= 4 is 27.9 Å². The molecule has 14 heteroatoms. The van der Waals surface area contributed by atoms with Gasteiger partial charge in [-0.15, -0.1) is 0 Å². The van der Waals surface area contributed by atoms with Gasteiger partial charge in [-0.05, 0) is 49.8 Å². The van der Waals surface area contributed by atoms with Crippen LogP contribution in [0.4, 0.5) is 29.7 Å². The second kappa shape index (κ2) is 9.87. The minimum Gasteiger partial charge on any atom is -0.446 e. The zero-order chi connectivity index (χ0) is 24.2. The van der Waals surface area contributed by atoms with E-state index in [2.05, 4.69) is 25.6 Å². The van der Waals surface area contributed by atoms with Gasteiger partial charge < -0.3 is 15.4 Å². The van der Waals surface area contributed by atoms with E-state index in [-0.39, 0.29) is 16.8 Å². The quantitative estimate of drug-likeness (QED) is 0.539. The molecule has 1 saturated carbocycles. The number of rotatable bonds is 7. The van der Waals surface area contributed by atoms with Crippen LogP contribution in [-0.2, 0) is 14.8 Å². The average molecular weight is 488 g/mol. The minimum atomic E-state index is -4.36. The fraction of sp³-hybridized carbons (Fsp3) is 0.474. The lowest BCUT2D eigenvalue weighted by atomic mass is 10.0. The van der Waals surface area contributed by atoms with Gasteiger partial charge in [-0.25, -0.2) is 33.3 Å². The number of ether oxygens (including phenoxy) is 1. The molecule has 0 aliphatic heterocycles. The third-order valence-corrected chi connectivity index (χ3v) is 5.91. The summed E-state index contributed by atoms with van der Waals surface area (Å²) in [6.07, 6.45) is -0.621. The summed E-state index contributed by atoms with van der Waals surface area (Å²) in [5, 5.41) is 10.1. The second-order valence-corrected chi connectivity index (χ2v) is 9.35. The highest BCUT2D eigenvalue weighted by Crippen LogP contribution is 2.35. The number of aromatic nitrogens is 3. The van der Waals surface area contributed by atoms with Crippen molar-refractivity contribution in [1.82, 2.24) is 20.3 Å². The topological polar surface area (TPSA) is 149 Å². The molecule has 0 saturated heterocycles. The largest absolute Gasteiger partial charge is 0.446 e. The van der Waals surface area contributed by atoms with Crippen molar-refractivity contribution < 1.29 is 31.1 Å². The lowest BCUT2D eigenvalue weighted by Gasteiger charge is -2.18. The first kappa shape index (κ1) is 24.6. The number of pyridine rings is 1. The predicted molar refractivity (Wildman–Crippen MR) is 111 cm³/mol. The number of hydrogen-bond acceptors (Lipinski definition) is 8. The van der Waals surface area contributed by atoms with Crippen LogP contribution >= 0.6 is 0 Å². The zero-order valence-corrected chi connectivity index (χ0v) is 18.4. The van der Waals surface area contributed by atoms with Crippen LogP contribution < -0.4 is 15.8 Å². The molecule has 180 valence electrons. The number of hydrogen-bond donors (Lipinski definition) is 3. The van der Waals surface area contributed by atoms with Gasteiger partial charge in [0, 0.05) is 24.6 Å². The second-order valence-electron chi connectivity index (χ2n) is 7.79. The Labute approximate surface area is 188 Å². The Balaban J connectivity index is 1.50. The van der Waals surface area contributed by atoms with Crippen LogP contribution in [0, 0.1) is 0 Å². The molecule has 2 aromatic heterocycles. The average Bonchev–Trinajstić information content (AvgIpc) is 3.15. The van der Waals surface area contributed by atoms with Gasteiger partial charge >= 0.3 is 12.3 Å². The fourth-order valence-corrected chi connectivity index (χ4v) is 3.94. The molecule has 1 aliphatic rings. The van der Waals surface area contributed by atoms with Gasteiger partial charge in [0.25, 0.3) is 0 Å². The monoisotopic (exact) mass is 488 g/mol. The van der Waals surface area contributed by atoms with Crippen molar-refractivity contribution in [2.45, 2.75) is 61.7 Å². The lowest BCUT2D eigenvalue weighted by molar-refractivity contribution is -0.138. The summed E-state index contributed by atoms with van der Waals surface area (Å²) >= 11 is 0. The van der Waals surface area contributed by atoms with Crippen LogP contribution in [0.2, 0.25) is 0 Å². The molecule has 0 aromatic carbocycles. The zero-order valence-electron chi connectivity index (χ0n) is 17.5. The van der Waals surface area contributed by atoms with Crippen molar-refractivity contribution in [3.63, 3.8) is 0 Å². The number of carbonyl (C=O) groups is 1. The molecule has 3 atom stereocenters. The Morgan fingerprint density at radius 2 is 1.91 bits per heavy atom. The highest BCUT2D eigenvalue weighted by atomic mass is 32.2. The van der Waals surface area contributed by atoms with Gasteiger partial charge in [0.15, 0.2) is 0 Å². The van der Waals surface area contributed by atoms with Gasteiger partial charge in [0.05, 0.1) is 6.42 Å². The molecule has 33 heavy (non-hydrogen) atoms. The third kappa shape index (κ3) is 7.53. The summed E-state index contributed by atoms with van der Waals surface area (Å²) in [6, 6.07) is 1.65. The van der Waals surface area contributed by atoms with Crippen molar-refractivity contribution in [2.24, 2.45) is 5.14 Å². The number of nitrogens with two attached hydrogens (primary N) is 1. The summed E-state index contributed by atoms with van der Waals surface area (Å²) in [5.41, 5.74) is 0.829. The number of sulfonamides is 1. The Morgan fingerprint density at radius 1 is 1.21 bits per heavy atom. The highest BCUT2D eigenvalue weighted by molar-refractivity contribution is 7.89. The van der Waals surface area contributed by atoms with Gasteiger partial charge in [-0.1, -0.05) is 0 Å². The van der Waals surface area contributed by atoms with E-state index in [1.807, 2.05) is 0 Å². The maximum absolute atomic E-state index is 12.4. The number of carbonyl (C=O) groups excluding carboxylic acids is 1. The van der Waals surface area contributed by atoms with Gasteiger partial charge in [0.1, 0.15) is 16.8 Å². The lowest BCUT2D eigenvalue weighted by Crippen LogP contribution is -2.37. The molecule has 1 aliphatic carbocycles. The first-order valence-corrected chi connectivity index (χ1v) is 11.6. The van der Waals surface area contributed by atoms with Crippen LogP contribution in [0.5, 0.6) is 0 Å². The third-order valence-electron chi connectivity index (χ3n) is 5.01. The van der Waals surface area contributed by atoms with Crippen molar-refractivity contribution in [3.05, 3.63) is 36.3 Å². The normalized spacial score (nSPS) is 19.7. The van der Waals surface area contributed by atoms with Gasteiger partial charge in [-0.3, -0.25) is 0 Å². The number of alkyl carbamates (subject to hydrolysis) is 1. The van der Waals surface area contributed by atoms with Crippen LogP contribution in [0.25, 0.3) is 0 Å². The molecule has 0 bridgehead atoms. The molecule has 10 nitrogen and oxygen atoms in total. The predicted octanol–water partition coefficient (Wildman–Crippen LogP) is 2.97. The Kier molecular flexibility index (Phi) is 7.37. The summed E-state index contributed by atoms with van der Waals surface area (Å²) in [5.74, 6) is 0.616. The van der Waals surface area contributed by atoms with E-state index >= 15 is 0 Å². The van der Waals surface area contributed by atoms with E-state index in [4.69, 9.17) is 9.88 Å². The van der Waals surface area contributed by atoms with Crippen LogP contribution in [-0.4, -0.2) is 47.8 Å². The first-order chi connectivity index (χ1) is 15.4. The number of anilines is 2. The minimum absolute atomic E-state index is 0.0385. The summed E-state index contributed by atoms with van der Waals surface area (Å²) in [6.45, 7) is 1.27. The molecule has 1 fully saturated rings. The summed E-state index contributed by atoms with van der Waals surface area (Å²) in [4.78, 5) is 24.1. The number of halogens is 3. The Hall–Kier alpha value is -3.00. The van der Waals surface area contributed by atoms with Crippen molar-refractivity contribution in [1.29, 1.82) is 0 Å². The van der Waals surface area contributed by atoms with E-state index < -0.39 is 40.9 Å². The van der Waals surface area contributed by atoms with E-state index in [0.717, 1.165) is 11.8 Å². The molecular weight excluding hydrogens is 465 g/mol. The number of nitrogens with one attached hydrogen (secondary N) is 2. The van der Waals surface area contributed by atoms with E-state index in [0.29, 0.717) is 25.1 Å². The molecule has 2 heterocycles. The van der Waals surface area contributed by atoms with Gasteiger partial charge in [0.2, 0.25) is 16.0 Å². The molecule has 2 aromatic rings. The molecule has 3 rings (SSSR count). The standard InChI is InChI=1S/C19H23F3N6O4S/c1-11(7-19(20,21)22)27-18(29)32-14-3-2-12(6-14)13-8-25-17(26-9-13)28-16-5-4-15(10-24-16)33(23,30)31/h4-5,8-12,14H,2-3,6-7H2,1H3,(H,27,29)(H2,23,30,31)(H,24,25,26,28)/t11-,12+,14-/m0/s1. The SMILES string of the molecule is C[C@@H](CC(F)(F)F)NC(=O)O[C@H]1CC[C@@H](c2cnc(Nc3ccc(S(N)(=O)=O)cn3)nc2)C1. The Morgan fingerprint density at radius 3 is 2.48 bits per heavy atom. The van der Waals surface area contributed by atoms with Crippen LogP contribution in [0.1, 0.15) is 44.1 Å². The fourth-order valence-electron chi connectivity index (χ4n) is 3.49.